The Bertz CT molecular complexity index is 733. The number of aliphatic imine (C=N–C) groups is 1. The minimum atomic E-state index is 0.694. The summed E-state index contributed by atoms with van der Waals surface area (Å²) in [4.78, 5) is 4.60. The molecule has 2 aromatic rings. The van der Waals surface area contributed by atoms with Gasteiger partial charge in [-0.1, -0.05) is 103 Å². The van der Waals surface area contributed by atoms with Gasteiger partial charge in [0.05, 0.1) is 12.3 Å². The van der Waals surface area contributed by atoms with E-state index in [1.165, 1.54) is 102 Å². The number of rotatable bonds is 19. The van der Waals surface area contributed by atoms with Crippen molar-refractivity contribution >= 4 is 11.9 Å². The van der Waals surface area contributed by atoms with Crippen LogP contribution in [0.5, 0.6) is 5.75 Å². The second-order valence-electron chi connectivity index (χ2n) is 9.27. The molecule has 0 saturated heterocycles. The van der Waals surface area contributed by atoms with Gasteiger partial charge in [-0.15, -0.1) is 0 Å². The Balaban J connectivity index is 1.48. The third-order valence-corrected chi connectivity index (χ3v) is 6.31. The summed E-state index contributed by atoms with van der Waals surface area (Å²) in [6.45, 7) is 4.98. The standard InChI is InChI=1S/C31H47NO/c1-3-5-6-7-8-9-10-11-12-13-14-15-16-17-18-28-19-23-30(24-20-28)32-27-29-21-25-31(26-22-29)33-4-2/h19-27H,3-18H2,1-2H3. The normalized spacial score (nSPS) is 11.3. The van der Waals surface area contributed by atoms with E-state index >= 15 is 0 Å². The van der Waals surface area contributed by atoms with Crippen LogP contribution >= 0.6 is 0 Å². The van der Waals surface area contributed by atoms with Crippen LogP contribution in [-0.2, 0) is 6.42 Å². The number of unbranched alkanes of at least 4 members (excludes halogenated alkanes) is 13. The van der Waals surface area contributed by atoms with Gasteiger partial charge >= 0.3 is 0 Å². The van der Waals surface area contributed by atoms with E-state index in [1.54, 1.807) is 0 Å². The van der Waals surface area contributed by atoms with Crippen LogP contribution in [0.15, 0.2) is 53.5 Å². The fraction of sp³-hybridized carbons (Fsp3) is 0.581. The van der Waals surface area contributed by atoms with Crippen molar-refractivity contribution in [3.8, 4) is 5.75 Å². The largest absolute Gasteiger partial charge is 0.494 e. The predicted octanol–water partition coefficient (Wildman–Crippen LogP) is 9.86. The molecule has 0 spiro atoms. The van der Waals surface area contributed by atoms with E-state index in [4.69, 9.17) is 4.74 Å². The minimum absolute atomic E-state index is 0.694. The number of aryl methyl sites for hydroxylation is 1. The van der Waals surface area contributed by atoms with E-state index in [1.807, 2.05) is 37.4 Å². The van der Waals surface area contributed by atoms with E-state index in [0.29, 0.717) is 6.61 Å². The van der Waals surface area contributed by atoms with Crippen LogP contribution in [0.3, 0.4) is 0 Å². The number of hydrogen-bond acceptors (Lipinski definition) is 2. The number of nitrogens with zero attached hydrogens (tertiary/aromatic N) is 1. The minimum Gasteiger partial charge on any atom is -0.494 e. The highest BCUT2D eigenvalue weighted by atomic mass is 16.5. The van der Waals surface area contributed by atoms with Gasteiger partial charge in [0, 0.05) is 6.21 Å². The molecule has 0 saturated carbocycles. The van der Waals surface area contributed by atoms with E-state index in [2.05, 4.69) is 36.2 Å². The molecular weight excluding hydrogens is 402 g/mol. The second kappa shape index (κ2) is 18.3. The highest BCUT2D eigenvalue weighted by Crippen LogP contribution is 2.17. The summed E-state index contributed by atoms with van der Waals surface area (Å²) >= 11 is 0. The molecule has 0 fully saturated rings. The molecule has 0 aliphatic carbocycles. The molecule has 0 heterocycles. The average Bonchev–Trinajstić information content (AvgIpc) is 2.85. The lowest BCUT2D eigenvalue weighted by atomic mass is 10.0. The molecule has 0 bridgehead atoms. The van der Waals surface area contributed by atoms with Gasteiger partial charge < -0.3 is 4.74 Å². The molecule has 2 aromatic carbocycles. The third kappa shape index (κ3) is 13.3. The maximum atomic E-state index is 5.48. The summed E-state index contributed by atoms with van der Waals surface area (Å²) in [7, 11) is 0. The van der Waals surface area contributed by atoms with E-state index < -0.39 is 0 Å². The van der Waals surface area contributed by atoms with Crippen molar-refractivity contribution < 1.29 is 4.74 Å². The molecule has 0 radical (unpaired) electrons. The summed E-state index contributed by atoms with van der Waals surface area (Å²) in [6.07, 6.45) is 22.9. The van der Waals surface area contributed by atoms with Crippen LogP contribution in [0.4, 0.5) is 5.69 Å². The molecule has 2 heteroatoms. The van der Waals surface area contributed by atoms with Gasteiger partial charge in [-0.05, 0) is 67.3 Å². The van der Waals surface area contributed by atoms with Gasteiger partial charge in [-0.25, -0.2) is 0 Å². The van der Waals surface area contributed by atoms with Crippen molar-refractivity contribution in [2.75, 3.05) is 6.61 Å². The number of hydrogen-bond donors (Lipinski definition) is 0. The first kappa shape index (κ1) is 27.2. The Morgan fingerprint density at radius 2 is 1.12 bits per heavy atom. The van der Waals surface area contributed by atoms with Crippen LogP contribution in [0.2, 0.25) is 0 Å². The fourth-order valence-electron chi connectivity index (χ4n) is 4.24. The zero-order valence-electron chi connectivity index (χ0n) is 21.4. The van der Waals surface area contributed by atoms with E-state index in [-0.39, 0.29) is 0 Å². The summed E-state index contributed by atoms with van der Waals surface area (Å²) in [5, 5.41) is 0. The average molecular weight is 450 g/mol. The van der Waals surface area contributed by atoms with Crippen LogP contribution < -0.4 is 4.74 Å². The summed E-state index contributed by atoms with van der Waals surface area (Å²) < 4.78 is 5.48. The second-order valence-corrected chi connectivity index (χ2v) is 9.27. The maximum absolute atomic E-state index is 5.48. The van der Waals surface area contributed by atoms with Gasteiger partial charge in [0.15, 0.2) is 0 Å². The van der Waals surface area contributed by atoms with E-state index in [9.17, 15) is 0 Å². The summed E-state index contributed by atoms with van der Waals surface area (Å²) in [5.74, 6) is 0.905. The fourth-order valence-corrected chi connectivity index (χ4v) is 4.24. The first-order valence-electron chi connectivity index (χ1n) is 13.7. The zero-order valence-corrected chi connectivity index (χ0v) is 21.4. The summed E-state index contributed by atoms with van der Waals surface area (Å²) in [5.41, 5.74) is 3.52. The smallest absolute Gasteiger partial charge is 0.119 e. The Morgan fingerprint density at radius 3 is 1.64 bits per heavy atom. The quantitative estimate of drug-likeness (QED) is 0.154. The molecule has 0 unspecified atom stereocenters. The molecule has 0 aliphatic rings. The van der Waals surface area contributed by atoms with Crippen LogP contribution in [0.1, 0.15) is 115 Å². The van der Waals surface area contributed by atoms with Crippen LogP contribution in [0.25, 0.3) is 0 Å². The molecule has 2 rings (SSSR count). The Hall–Kier alpha value is -2.09. The molecule has 0 aromatic heterocycles. The van der Waals surface area contributed by atoms with Crippen molar-refractivity contribution in [1.82, 2.24) is 0 Å². The third-order valence-electron chi connectivity index (χ3n) is 6.31. The van der Waals surface area contributed by atoms with Gasteiger partial charge in [0.1, 0.15) is 5.75 Å². The number of ether oxygens (including phenoxy) is 1. The molecule has 33 heavy (non-hydrogen) atoms. The zero-order chi connectivity index (χ0) is 23.4. The lowest BCUT2D eigenvalue weighted by Gasteiger charge is -2.04. The molecule has 0 N–H and O–H groups in total. The SMILES string of the molecule is CCCCCCCCCCCCCCCCc1ccc(N=Cc2ccc(OCC)cc2)cc1. The molecule has 0 amide bonds. The van der Waals surface area contributed by atoms with Crippen molar-refractivity contribution in [2.45, 2.75) is 110 Å². The number of benzene rings is 2. The molecular formula is C31H47NO. The van der Waals surface area contributed by atoms with Crippen LogP contribution in [-0.4, -0.2) is 12.8 Å². The van der Waals surface area contributed by atoms with Gasteiger partial charge in [-0.2, -0.15) is 0 Å². The topological polar surface area (TPSA) is 21.6 Å². The Labute approximate surface area is 203 Å². The lowest BCUT2D eigenvalue weighted by Crippen LogP contribution is -1.91. The molecule has 182 valence electrons. The van der Waals surface area contributed by atoms with Crippen molar-refractivity contribution in [2.24, 2.45) is 4.99 Å². The monoisotopic (exact) mass is 449 g/mol. The highest BCUT2D eigenvalue weighted by Gasteiger charge is 1.97. The van der Waals surface area contributed by atoms with Crippen molar-refractivity contribution in [3.63, 3.8) is 0 Å². The Kier molecular flexibility index (Phi) is 15.1. The van der Waals surface area contributed by atoms with Crippen molar-refractivity contribution in [3.05, 3.63) is 59.7 Å². The van der Waals surface area contributed by atoms with Gasteiger partial charge in [0.2, 0.25) is 0 Å². The maximum Gasteiger partial charge on any atom is 0.119 e. The van der Waals surface area contributed by atoms with Crippen molar-refractivity contribution in [1.29, 1.82) is 0 Å². The van der Waals surface area contributed by atoms with Crippen LogP contribution in [0, 0.1) is 0 Å². The highest BCUT2D eigenvalue weighted by molar-refractivity contribution is 5.82. The molecule has 0 atom stereocenters. The summed E-state index contributed by atoms with van der Waals surface area (Å²) in [6, 6.07) is 16.8. The molecule has 0 aliphatic heterocycles. The molecule has 2 nitrogen and oxygen atoms in total. The van der Waals surface area contributed by atoms with Gasteiger partial charge in [0.25, 0.3) is 0 Å². The predicted molar refractivity (Wildman–Crippen MR) is 145 cm³/mol. The first-order valence-corrected chi connectivity index (χ1v) is 13.7. The van der Waals surface area contributed by atoms with Gasteiger partial charge in [-0.3, -0.25) is 4.99 Å². The lowest BCUT2D eigenvalue weighted by molar-refractivity contribution is 0.340. The Morgan fingerprint density at radius 1 is 0.606 bits per heavy atom. The first-order chi connectivity index (χ1) is 16.3. The van der Waals surface area contributed by atoms with E-state index in [0.717, 1.165) is 17.0 Å².